The molecule has 0 aromatic heterocycles. The molecule has 0 saturated heterocycles. The molecule has 0 radical (unpaired) electrons. The highest BCUT2D eigenvalue weighted by molar-refractivity contribution is 5.85. The molecular formula is C15H25ClN2O2. The second-order valence-electron chi connectivity index (χ2n) is 4.48. The maximum absolute atomic E-state index is 11.6. The number of ether oxygens (including phenoxy) is 1. The van der Waals surface area contributed by atoms with Gasteiger partial charge in [-0.2, -0.15) is 0 Å². The van der Waals surface area contributed by atoms with Crippen molar-refractivity contribution in [2.45, 2.75) is 20.8 Å². The van der Waals surface area contributed by atoms with Crippen LogP contribution in [0.3, 0.4) is 0 Å². The second kappa shape index (κ2) is 10.5. The van der Waals surface area contributed by atoms with Crippen molar-refractivity contribution in [2.24, 2.45) is 0 Å². The van der Waals surface area contributed by atoms with E-state index >= 15 is 0 Å². The number of hydrogen-bond acceptors (Lipinski definition) is 3. The Kier molecular flexibility index (Phi) is 9.86. The standard InChI is InChI=1S/C15H24N2O2.ClH/c1-4-17(5-2)11-10-16-15(18)12-19-14-8-6-13(3)7-9-14;/h6-9H,4-5,10-12H2,1-3H3,(H,16,18);1H. The van der Waals surface area contributed by atoms with Crippen LogP contribution in [0.2, 0.25) is 0 Å². The lowest BCUT2D eigenvalue weighted by atomic mass is 10.2. The highest BCUT2D eigenvalue weighted by Crippen LogP contribution is 2.10. The lowest BCUT2D eigenvalue weighted by molar-refractivity contribution is -0.123. The van der Waals surface area contributed by atoms with Gasteiger partial charge < -0.3 is 15.0 Å². The summed E-state index contributed by atoms with van der Waals surface area (Å²) in [4.78, 5) is 13.9. The van der Waals surface area contributed by atoms with E-state index in [2.05, 4.69) is 24.1 Å². The molecule has 20 heavy (non-hydrogen) atoms. The molecule has 0 bridgehead atoms. The predicted molar refractivity (Wildman–Crippen MR) is 84.7 cm³/mol. The minimum atomic E-state index is -0.0762. The van der Waals surface area contributed by atoms with Crippen molar-refractivity contribution in [1.29, 1.82) is 0 Å². The van der Waals surface area contributed by atoms with E-state index in [0.717, 1.165) is 25.4 Å². The molecule has 0 saturated carbocycles. The number of carbonyl (C=O) groups excluding carboxylic acids is 1. The van der Waals surface area contributed by atoms with Crippen LogP contribution in [-0.4, -0.2) is 43.6 Å². The monoisotopic (exact) mass is 300 g/mol. The molecule has 0 heterocycles. The summed E-state index contributed by atoms with van der Waals surface area (Å²) in [5.41, 5.74) is 1.18. The number of nitrogens with one attached hydrogen (secondary N) is 1. The molecule has 1 amide bonds. The Balaban J connectivity index is 0.00000361. The van der Waals surface area contributed by atoms with Crippen molar-refractivity contribution < 1.29 is 9.53 Å². The van der Waals surface area contributed by atoms with Crippen LogP contribution in [0, 0.1) is 6.92 Å². The lowest BCUT2D eigenvalue weighted by Crippen LogP contribution is -2.36. The average molecular weight is 301 g/mol. The first-order valence-electron chi connectivity index (χ1n) is 6.84. The predicted octanol–water partition coefficient (Wildman–Crippen LogP) is 2.25. The van der Waals surface area contributed by atoms with E-state index in [1.54, 1.807) is 0 Å². The van der Waals surface area contributed by atoms with E-state index in [1.165, 1.54) is 5.56 Å². The van der Waals surface area contributed by atoms with Crippen molar-refractivity contribution in [3.8, 4) is 5.75 Å². The van der Waals surface area contributed by atoms with Gasteiger partial charge in [-0.1, -0.05) is 31.5 Å². The van der Waals surface area contributed by atoms with Gasteiger partial charge in [0.05, 0.1) is 0 Å². The van der Waals surface area contributed by atoms with Crippen LogP contribution >= 0.6 is 12.4 Å². The molecule has 1 N–H and O–H groups in total. The first-order chi connectivity index (χ1) is 9.15. The summed E-state index contributed by atoms with van der Waals surface area (Å²) in [6.07, 6.45) is 0. The number of amides is 1. The van der Waals surface area contributed by atoms with Crippen LogP contribution in [0.4, 0.5) is 0 Å². The molecule has 1 aromatic carbocycles. The minimum Gasteiger partial charge on any atom is -0.484 e. The Morgan fingerprint density at radius 3 is 2.35 bits per heavy atom. The molecule has 1 aromatic rings. The van der Waals surface area contributed by atoms with Gasteiger partial charge in [-0.3, -0.25) is 4.79 Å². The normalized spacial score (nSPS) is 10.0. The van der Waals surface area contributed by atoms with Gasteiger partial charge in [0.1, 0.15) is 5.75 Å². The zero-order valence-corrected chi connectivity index (χ0v) is 13.3. The topological polar surface area (TPSA) is 41.6 Å². The Labute approximate surface area is 127 Å². The third-order valence-electron chi connectivity index (χ3n) is 3.04. The van der Waals surface area contributed by atoms with Crippen molar-refractivity contribution in [2.75, 3.05) is 32.8 Å². The molecule has 1 rings (SSSR count). The number of benzene rings is 1. The minimum absolute atomic E-state index is 0. The summed E-state index contributed by atoms with van der Waals surface area (Å²) in [5.74, 6) is 0.650. The van der Waals surface area contributed by atoms with Crippen molar-refractivity contribution in [3.63, 3.8) is 0 Å². The fraction of sp³-hybridized carbons (Fsp3) is 0.533. The maximum atomic E-state index is 11.6. The molecule has 0 spiro atoms. The Bertz CT molecular complexity index is 378. The maximum Gasteiger partial charge on any atom is 0.257 e. The third-order valence-corrected chi connectivity index (χ3v) is 3.04. The van der Waals surface area contributed by atoms with E-state index in [-0.39, 0.29) is 24.9 Å². The summed E-state index contributed by atoms with van der Waals surface area (Å²) in [5, 5.41) is 2.86. The quantitative estimate of drug-likeness (QED) is 0.801. The fourth-order valence-electron chi connectivity index (χ4n) is 1.73. The summed E-state index contributed by atoms with van der Waals surface area (Å²) in [6.45, 7) is 9.88. The summed E-state index contributed by atoms with van der Waals surface area (Å²) >= 11 is 0. The van der Waals surface area contributed by atoms with Crippen molar-refractivity contribution in [3.05, 3.63) is 29.8 Å². The summed E-state index contributed by atoms with van der Waals surface area (Å²) in [6, 6.07) is 7.68. The van der Waals surface area contributed by atoms with Gasteiger partial charge in [-0.15, -0.1) is 12.4 Å². The van der Waals surface area contributed by atoms with E-state index in [0.29, 0.717) is 6.54 Å². The molecule has 0 aliphatic carbocycles. The van der Waals surface area contributed by atoms with Gasteiger partial charge >= 0.3 is 0 Å². The number of hydrogen-bond donors (Lipinski definition) is 1. The van der Waals surface area contributed by atoms with Gasteiger partial charge in [-0.25, -0.2) is 0 Å². The average Bonchev–Trinajstić information content (AvgIpc) is 2.43. The summed E-state index contributed by atoms with van der Waals surface area (Å²) in [7, 11) is 0. The van der Waals surface area contributed by atoms with Gasteiger partial charge in [0.15, 0.2) is 6.61 Å². The highest BCUT2D eigenvalue weighted by atomic mass is 35.5. The molecule has 0 fully saturated rings. The number of rotatable bonds is 8. The van der Waals surface area contributed by atoms with Gasteiger partial charge in [0.25, 0.3) is 5.91 Å². The molecule has 0 aliphatic rings. The van der Waals surface area contributed by atoms with Crippen LogP contribution in [0.1, 0.15) is 19.4 Å². The molecule has 0 aliphatic heterocycles. The van der Waals surface area contributed by atoms with Gasteiger partial charge in [0, 0.05) is 13.1 Å². The lowest BCUT2D eigenvalue weighted by Gasteiger charge is -2.17. The fourth-order valence-corrected chi connectivity index (χ4v) is 1.73. The van der Waals surface area contributed by atoms with Crippen LogP contribution in [0.25, 0.3) is 0 Å². The molecule has 114 valence electrons. The first-order valence-corrected chi connectivity index (χ1v) is 6.84. The van der Waals surface area contributed by atoms with Crippen LogP contribution < -0.4 is 10.1 Å². The Morgan fingerprint density at radius 2 is 1.80 bits per heavy atom. The number of aryl methyl sites for hydroxylation is 1. The van der Waals surface area contributed by atoms with E-state index in [4.69, 9.17) is 4.74 Å². The first kappa shape index (κ1) is 18.7. The number of carbonyl (C=O) groups is 1. The van der Waals surface area contributed by atoms with Crippen molar-refractivity contribution >= 4 is 18.3 Å². The van der Waals surface area contributed by atoms with Crippen LogP contribution in [0.15, 0.2) is 24.3 Å². The van der Waals surface area contributed by atoms with Crippen molar-refractivity contribution in [1.82, 2.24) is 10.2 Å². The number of nitrogens with zero attached hydrogens (tertiary/aromatic N) is 1. The van der Waals surface area contributed by atoms with Gasteiger partial charge in [-0.05, 0) is 32.1 Å². The second-order valence-corrected chi connectivity index (χ2v) is 4.48. The van der Waals surface area contributed by atoms with E-state index < -0.39 is 0 Å². The van der Waals surface area contributed by atoms with E-state index in [9.17, 15) is 4.79 Å². The summed E-state index contributed by atoms with van der Waals surface area (Å²) < 4.78 is 5.41. The molecule has 0 unspecified atom stereocenters. The smallest absolute Gasteiger partial charge is 0.257 e. The number of likely N-dealkylation sites (N-methyl/N-ethyl adjacent to an activating group) is 1. The third kappa shape index (κ3) is 7.36. The zero-order chi connectivity index (χ0) is 14.1. The van der Waals surface area contributed by atoms with Gasteiger partial charge in [0.2, 0.25) is 0 Å². The SMILES string of the molecule is CCN(CC)CCNC(=O)COc1ccc(C)cc1.Cl. The molecule has 0 atom stereocenters. The van der Waals surface area contributed by atoms with E-state index in [1.807, 2.05) is 31.2 Å². The molecule has 5 heteroatoms. The zero-order valence-electron chi connectivity index (χ0n) is 12.5. The number of halogens is 1. The van der Waals surface area contributed by atoms with Crippen LogP contribution in [0.5, 0.6) is 5.75 Å². The Hall–Kier alpha value is -1.26. The highest BCUT2D eigenvalue weighted by Gasteiger charge is 2.03. The molecular weight excluding hydrogens is 276 g/mol. The largest absolute Gasteiger partial charge is 0.484 e. The van der Waals surface area contributed by atoms with Crippen LogP contribution in [-0.2, 0) is 4.79 Å². The molecule has 4 nitrogen and oxygen atoms in total. The Morgan fingerprint density at radius 1 is 1.20 bits per heavy atom.